The molecule has 4 heteroatoms. The van der Waals surface area contributed by atoms with E-state index in [9.17, 15) is 0 Å². The summed E-state index contributed by atoms with van der Waals surface area (Å²) >= 11 is 0. The minimum atomic E-state index is 0.223. The molecule has 16 aromatic rings. The van der Waals surface area contributed by atoms with Gasteiger partial charge in [-0.3, -0.25) is 0 Å². The predicted octanol–water partition coefficient (Wildman–Crippen LogP) is 25.1. The number of benzene rings is 14. The largest absolute Gasteiger partial charge is 0.309 e. The van der Waals surface area contributed by atoms with Gasteiger partial charge in [0.05, 0.1) is 56.2 Å². The van der Waals surface area contributed by atoms with Gasteiger partial charge in [0.2, 0.25) is 0 Å². The molecule has 0 N–H and O–H groups in total. The fraction of sp³-hybridized carbons (Fsp3) is 0.156. The van der Waals surface area contributed by atoms with E-state index in [0.717, 1.165) is 25.7 Å². The molecule has 94 heavy (non-hydrogen) atoms. The smallest absolute Gasteiger partial charge is 0.0562 e. The van der Waals surface area contributed by atoms with Gasteiger partial charge in [0, 0.05) is 54.8 Å². The summed E-state index contributed by atoms with van der Waals surface area (Å²) in [5.74, 6) is 0.445. The lowest BCUT2D eigenvalue weighted by Crippen LogP contribution is -2.17. The zero-order valence-corrected chi connectivity index (χ0v) is 54.0. The van der Waals surface area contributed by atoms with Gasteiger partial charge in [-0.1, -0.05) is 222 Å². The Bertz CT molecular complexity index is 5300. The summed E-state index contributed by atoms with van der Waals surface area (Å²) in [6.45, 7) is 9.63. The first-order valence-electron chi connectivity index (χ1n) is 34.3. The van der Waals surface area contributed by atoms with Crippen LogP contribution in [0.25, 0.3) is 110 Å². The van der Waals surface area contributed by atoms with Gasteiger partial charge in [0.15, 0.2) is 0 Å². The number of hydrogen-bond donors (Lipinski definition) is 0. The Balaban J connectivity index is 0.945. The van der Waals surface area contributed by atoms with Crippen molar-refractivity contribution in [2.24, 2.45) is 0 Å². The third kappa shape index (κ3) is 8.72. The van der Waals surface area contributed by atoms with Gasteiger partial charge in [0.25, 0.3) is 0 Å². The van der Waals surface area contributed by atoms with E-state index in [1.165, 1.54) is 203 Å². The fourth-order valence-corrected chi connectivity index (χ4v) is 17.0. The van der Waals surface area contributed by atoms with Gasteiger partial charge >= 0.3 is 0 Å². The van der Waals surface area contributed by atoms with Gasteiger partial charge in [0.1, 0.15) is 0 Å². The third-order valence-corrected chi connectivity index (χ3v) is 21.2. The van der Waals surface area contributed by atoms with Crippen LogP contribution in [0.3, 0.4) is 0 Å². The molecule has 0 spiro atoms. The minimum absolute atomic E-state index is 0.223. The molecule has 2 aliphatic carbocycles. The number of aryl methyl sites for hydroxylation is 2. The van der Waals surface area contributed by atoms with E-state index in [0.29, 0.717) is 0 Å². The Hall–Kier alpha value is -10.7. The Morgan fingerprint density at radius 2 is 0.638 bits per heavy atom. The number of anilines is 6. The van der Waals surface area contributed by atoms with Crippen molar-refractivity contribution in [2.45, 2.75) is 90.9 Å². The van der Waals surface area contributed by atoms with Crippen LogP contribution >= 0.6 is 0 Å². The van der Waals surface area contributed by atoms with E-state index in [1.54, 1.807) is 0 Å². The summed E-state index contributed by atoms with van der Waals surface area (Å²) in [5, 5.41) is 12.8. The van der Waals surface area contributed by atoms with Gasteiger partial charge < -0.3 is 18.9 Å². The van der Waals surface area contributed by atoms with Crippen LogP contribution in [0.1, 0.15) is 98.6 Å². The summed E-state index contributed by atoms with van der Waals surface area (Å²) in [4.78, 5) is 5.45. The highest BCUT2D eigenvalue weighted by Gasteiger charge is 2.32. The van der Waals surface area contributed by atoms with Crippen molar-refractivity contribution in [1.29, 1.82) is 0 Å². The Morgan fingerprint density at radius 3 is 1.09 bits per heavy atom. The van der Waals surface area contributed by atoms with E-state index >= 15 is 0 Å². The molecule has 0 bridgehead atoms. The molecular weight excluding hydrogens is 1140 g/mol. The molecule has 2 heterocycles. The quantitative estimate of drug-likeness (QED) is 0.113. The van der Waals surface area contributed by atoms with E-state index in [-0.39, 0.29) is 11.8 Å². The van der Waals surface area contributed by atoms with Crippen LogP contribution in [0.2, 0.25) is 0 Å². The van der Waals surface area contributed by atoms with E-state index < -0.39 is 0 Å². The van der Waals surface area contributed by atoms with E-state index in [2.05, 4.69) is 314 Å². The van der Waals surface area contributed by atoms with Crippen molar-refractivity contribution in [3.8, 4) is 33.6 Å². The van der Waals surface area contributed by atoms with Crippen LogP contribution in [-0.2, 0) is 25.7 Å². The zero-order valence-electron chi connectivity index (χ0n) is 54.0. The highest BCUT2D eigenvalue weighted by molar-refractivity contribution is 6.31. The molecule has 0 amide bonds. The summed E-state index contributed by atoms with van der Waals surface area (Å²) in [5.41, 5.74) is 27.9. The molecule has 0 unspecified atom stereocenters. The summed E-state index contributed by atoms with van der Waals surface area (Å²) in [6, 6.07) is 102. The maximum Gasteiger partial charge on any atom is 0.0562 e. The van der Waals surface area contributed by atoms with Crippen LogP contribution in [0.15, 0.2) is 267 Å². The van der Waals surface area contributed by atoms with Crippen LogP contribution in [0, 0.1) is 0 Å². The summed E-state index contributed by atoms with van der Waals surface area (Å²) < 4.78 is 5.07. The normalized spacial score (nSPS) is 13.4. The lowest BCUT2D eigenvalue weighted by molar-refractivity contribution is 0.686. The second-order valence-electron chi connectivity index (χ2n) is 27.1. The molecule has 0 saturated carbocycles. The first-order chi connectivity index (χ1) is 46.4. The standard InChI is InChI=1S/C90H74N4/c1-57(2)73-55-85(93(77-45-23-33-61-31-11-13-35-65(61)77)83-49-25-47-81-89(83)69-39-17-21-43-79(69)91(81)75-41-19-15-37-63(75)59-27-7-5-8-28-59)71-54-52-68-74(58(3)4)56-86(72-53-51-67(73)87(71)88(68)72)94(78-46-24-34-62-32-12-14-36-66(62)78)84-50-26-48-82-90(84)70-40-18-22-44-80(70)92(82)76-42-20-16-38-64(76)60-29-9-6-10-30-60/h5-10,15-30,33-34,37-58H,11-14,31-32,35-36H2,1-4H3. The van der Waals surface area contributed by atoms with Gasteiger partial charge in [-0.2, -0.15) is 0 Å². The van der Waals surface area contributed by atoms with Crippen LogP contribution in [-0.4, -0.2) is 9.13 Å². The number of rotatable bonds is 12. The predicted molar refractivity (Wildman–Crippen MR) is 401 cm³/mol. The van der Waals surface area contributed by atoms with Crippen LogP contribution in [0.4, 0.5) is 34.1 Å². The second kappa shape index (κ2) is 22.6. The number of para-hydroxylation sites is 4. The average molecular weight is 1210 g/mol. The monoisotopic (exact) mass is 1210 g/mol. The van der Waals surface area contributed by atoms with Gasteiger partial charge in [-0.15, -0.1) is 0 Å². The first-order valence-corrected chi connectivity index (χ1v) is 34.3. The maximum absolute atomic E-state index is 2.73. The van der Waals surface area contributed by atoms with Gasteiger partial charge in [-0.05, 0) is 202 Å². The molecule has 0 radical (unpaired) electrons. The number of aromatic nitrogens is 2. The molecule has 0 saturated heterocycles. The van der Waals surface area contributed by atoms with Crippen molar-refractivity contribution in [2.75, 3.05) is 9.80 Å². The Kier molecular flexibility index (Phi) is 13.5. The summed E-state index contributed by atoms with van der Waals surface area (Å²) in [7, 11) is 0. The Morgan fingerprint density at radius 1 is 0.277 bits per heavy atom. The van der Waals surface area contributed by atoms with Crippen molar-refractivity contribution < 1.29 is 0 Å². The first kappa shape index (κ1) is 56.1. The third-order valence-electron chi connectivity index (χ3n) is 21.2. The molecule has 4 nitrogen and oxygen atoms in total. The number of nitrogens with zero attached hydrogens (tertiary/aromatic N) is 4. The van der Waals surface area contributed by atoms with Crippen LogP contribution in [0.5, 0.6) is 0 Å². The lowest BCUT2D eigenvalue weighted by atomic mass is 9.83. The molecule has 14 aromatic carbocycles. The fourth-order valence-electron chi connectivity index (χ4n) is 17.0. The molecule has 2 aromatic heterocycles. The van der Waals surface area contributed by atoms with Crippen molar-refractivity contribution in [1.82, 2.24) is 9.13 Å². The van der Waals surface area contributed by atoms with E-state index in [1.807, 2.05) is 0 Å². The van der Waals surface area contributed by atoms with E-state index in [4.69, 9.17) is 0 Å². The van der Waals surface area contributed by atoms with Gasteiger partial charge in [-0.25, -0.2) is 0 Å². The molecule has 0 aliphatic heterocycles. The van der Waals surface area contributed by atoms with Crippen molar-refractivity contribution in [3.05, 3.63) is 300 Å². The zero-order chi connectivity index (χ0) is 62.7. The Labute approximate surface area is 550 Å². The highest BCUT2D eigenvalue weighted by Crippen LogP contribution is 2.55. The molecule has 0 atom stereocenters. The minimum Gasteiger partial charge on any atom is -0.309 e. The molecule has 454 valence electrons. The lowest BCUT2D eigenvalue weighted by Gasteiger charge is -2.34. The number of fused-ring (bicyclic) bond motifs is 8. The molecule has 0 fully saturated rings. The second-order valence-corrected chi connectivity index (χ2v) is 27.1. The molecule has 18 rings (SSSR count). The SMILES string of the molecule is CC(C)c1cc(N(c2cccc3c2CCCC3)c2cccc3c2c2ccccc2n3-c2ccccc2-c2ccccc2)c2ccc3c(C(C)C)cc(N(c4cccc5c4CCCC5)c4cccc5c4c4ccccc4n5-c4ccccc4-c4ccccc4)c4ccc1c2c34. The van der Waals surface area contributed by atoms with Crippen molar-refractivity contribution in [3.63, 3.8) is 0 Å². The maximum atomic E-state index is 2.73. The number of hydrogen-bond acceptors (Lipinski definition) is 2. The van der Waals surface area contributed by atoms with Crippen molar-refractivity contribution >= 4 is 110 Å². The summed E-state index contributed by atoms with van der Waals surface area (Å²) in [6.07, 6.45) is 9.01. The molecule has 2 aliphatic rings. The average Bonchev–Trinajstić information content (AvgIpc) is 1.06. The highest BCUT2D eigenvalue weighted by atomic mass is 15.2. The van der Waals surface area contributed by atoms with Crippen LogP contribution < -0.4 is 9.80 Å². The topological polar surface area (TPSA) is 16.3 Å². The molecular formula is C90H74N4.